The van der Waals surface area contributed by atoms with Crippen molar-refractivity contribution in [3.63, 3.8) is 0 Å². The summed E-state index contributed by atoms with van der Waals surface area (Å²) in [6.45, 7) is 2.05. The molecule has 0 bridgehead atoms. The highest BCUT2D eigenvalue weighted by atomic mass is 35.5. The van der Waals surface area contributed by atoms with Crippen molar-refractivity contribution >= 4 is 12.4 Å². The number of benzene rings is 1. The molecule has 1 aromatic carbocycles. The Morgan fingerprint density at radius 2 is 2.00 bits per heavy atom. The van der Waals surface area contributed by atoms with Crippen LogP contribution in [-0.4, -0.2) is 0 Å². The topological polar surface area (TPSA) is 26.0 Å². The molecule has 0 aliphatic rings. The van der Waals surface area contributed by atoms with Crippen LogP contribution in [0.5, 0.6) is 0 Å². The highest BCUT2D eigenvalue weighted by Gasteiger charge is 2.11. The lowest BCUT2D eigenvalue weighted by atomic mass is 10.0. The molecular formula is C11H16ClF2N. The van der Waals surface area contributed by atoms with E-state index in [1.54, 1.807) is 0 Å². The van der Waals surface area contributed by atoms with Crippen molar-refractivity contribution in [3.05, 3.63) is 35.4 Å². The summed E-state index contributed by atoms with van der Waals surface area (Å²) in [5.74, 6) is -1.11. The average Bonchev–Trinajstić information content (AvgIpc) is 2.14. The second-order valence-electron chi connectivity index (χ2n) is 3.41. The van der Waals surface area contributed by atoms with E-state index in [1.807, 2.05) is 6.92 Å². The van der Waals surface area contributed by atoms with Crippen molar-refractivity contribution in [1.29, 1.82) is 0 Å². The zero-order chi connectivity index (χ0) is 10.6. The third kappa shape index (κ3) is 4.14. The molecule has 1 nitrogen and oxygen atoms in total. The first-order valence-corrected chi connectivity index (χ1v) is 4.85. The van der Waals surface area contributed by atoms with E-state index in [-0.39, 0.29) is 18.4 Å². The second-order valence-corrected chi connectivity index (χ2v) is 3.41. The van der Waals surface area contributed by atoms with Crippen LogP contribution in [0.1, 0.15) is 37.8 Å². The molecule has 0 heterocycles. The van der Waals surface area contributed by atoms with Crippen LogP contribution >= 0.6 is 12.4 Å². The summed E-state index contributed by atoms with van der Waals surface area (Å²) < 4.78 is 25.8. The van der Waals surface area contributed by atoms with E-state index in [9.17, 15) is 8.78 Å². The predicted octanol–water partition coefficient (Wildman–Crippen LogP) is 3.58. The Kier molecular flexibility index (Phi) is 6.45. The molecule has 1 atom stereocenters. The van der Waals surface area contributed by atoms with Crippen molar-refractivity contribution < 1.29 is 8.78 Å². The minimum absolute atomic E-state index is 0. The predicted molar refractivity (Wildman–Crippen MR) is 60.1 cm³/mol. The van der Waals surface area contributed by atoms with Crippen LogP contribution in [0.3, 0.4) is 0 Å². The van der Waals surface area contributed by atoms with Crippen molar-refractivity contribution in [2.45, 2.75) is 32.2 Å². The van der Waals surface area contributed by atoms with E-state index in [4.69, 9.17) is 5.73 Å². The molecule has 4 heteroatoms. The summed E-state index contributed by atoms with van der Waals surface area (Å²) in [5.41, 5.74) is 6.17. The Morgan fingerprint density at radius 3 is 2.53 bits per heavy atom. The van der Waals surface area contributed by atoms with Gasteiger partial charge in [0, 0.05) is 17.7 Å². The SMILES string of the molecule is CCCCC(N)c1ccc(F)cc1F.Cl. The molecule has 1 aromatic rings. The van der Waals surface area contributed by atoms with Gasteiger partial charge >= 0.3 is 0 Å². The molecular weight excluding hydrogens is 220 g/mol. The summed E-state index contributed by atoms with van der Waals surface area (Å²) in [4.78, 5) is 0. The van der Waals surface area contributed by atoms with Gasteiger partial charge in [-0.1, -0.05) is 25.8 Å². The van der Waals surface area contributed by atoms with Crippen molar-refractivity contribution in [2.75, 3.05) is 0 Å². The normalized spacial score (nSPS) is 12.0. The standard InChI is InChI=1S/C11H15F2N.ClH/c1-2-3-4-11(14)9-6-5-8(12)7-10(9)13;/h5-7,11H,2-4,14H2,1H3;1H. The van der Waals surface area contributed by atoms with Crippen LogP contribution in [0.2, 0.25) is 0 Å². The first-order chi connectivity index (χ1) is 6.65. The fourth-order valence-electron chi connectivity index (χ4n) is 1.38. The Balaban J connectivity index is 0.00000196. The summed E-state index contributed by atoms with van der Waals surface area (Å²) in [7, 11) is 0. The molecule has 0 radical (unpaired) electrons. The molecule has 0 spiro atoms. The van der Waals surface area contributed by atoms with Crippen LogP contribution < -0.4 is 5.73 Å². The van der Waals surface area contributed by atoms with Gasteiger partial charge in [0.1, 0.15) is 11.6 Å². The van der Waals surface area contributed by atoms with Crippen LogP contribution in [0.15, 0.2) is 18.2 Å². The van der Waals surface area contributed by atoms with Gasteiger partial charge in [-0.2, -0.15) is 0 Å². The van der Waals surface area contributed by atoms with Gasteiger partial charge in [-0.15, -0.1) is 12.4 Å². The highest BCUT2D eigenvalue weighted by Crippen LogP contribution is 2.20. The number of hydrogen-bond donors (Lipinski definition) is 1. The van der Waals surface area contributed by atoms with Crippen LogP contribution in [0.25, 0.3) is 0 Å². The number of unbranched alkanes of at least 4 members (excludes halogenated alkanes) is 1. The fraction of sp³-hybridized carbons (Fsp3) is 0.455. The molecule has 0 aliphatic heterocycles. The van der Waals surface area contributed by atoms with Gasteiger partial charge in [-0.3, -0.25) is 0 Å². The van der Waals surface area contributed by atoms with Crippen LogP contribution in [-0.2, 0) is 0 Å². The Bertz CT molecular complexity index is 305. The molecule has 15 heavy (non-hydrogen) atoms. The number of hydrogen-bond acceptors (Lipinski definition) is 1. The van der Waals surface area contributed by atoms with Gasteiger partial charge in [-0.05, 0) is 12.5 Å². The summed E-state index contributed by atoms with van der Waals surface area (Å²) in [6, 6.07) is 3.21. The van der Waals surface area contributed by atoms with Crippen molar-refractivity contribution in [3.8, 4) is 0 Å². The van der Waals surface area contributed by atoms with E-state index in [2.05, 4.69) is 0 Å². The van der Waals surface area contributed by atoms with E-state index < -0.39 is 11.6 Å². The van der Waals surface area contributed by atoms with E-state index in [0.29, 0.717) is 5.56 Å². The zero-order valence-electron chi connectivity index (χ0n) is 8.67. The third-order valence-electron chi connectivity index (χ3n) is 2.23. The minimum Gasteiger partial charge on any atom is -0.324 e. The molecule has 86 valence electrons. The quantitative estimate of drug-likeness (QED) is 0.848. The van der Waals surface area contributed by atoms with Gasteiger partial charge in [0.05, 0.1) is 0 Å². The summed E-state index contributed by atoms with van der Waals surface area (Å²) in [6.07, 6.45) is 2.72. The molecule has 0 aliphatic carbocycles. The lowest BCUT2D eigenvalue weighted by molar-refractivity contribution is 0.533. The first-order valence-electron chi connectivity index (χ1n) is 4.85. The van der Waals surface area contributed by atoms with E-state index >= 15 is 0 Å². The molecule has 0 saturated heterocycles. The molecule has 0 amide bonds. The van der Waals surface area contributed by atoms with Crippen molar-refractivity contribution in [2.24, 2.45) is 5.73 Å². The third-order valence-corrected chi connectivity index (χ3v) is 2.23. The monoisotopic (exact) mass is 235 g/mol. The fourth-order valence-corrected chi connectivity index (χ4v) is 1.38. The highest BCUT2D eigenvalue weighted by molar-refractivity contribution is 5.85. The summed E-state index contributed by atoms with van der Waals surface area (Å²) >= 11 is 0. The molecule has 2 N–H and O–H groups in total. The largest absolute Gasteiger partial charge is 0.324 e. The maximum absolute atomic E-state index is 13.2. The molecule has 0 aromatic heterocycles. The van der Waals surface area contributed by atoms with Crippen molar-refractivity contribution in [1.82, 2.24) is 0 Å². The Labute approximate surface area is 95.1 Å². The Morgan fingerprint density at radius 1 is 1.33 bits per heavy atom. The summed E-state index contributed by atoms with van der Waals surface area (Å²) in [5, 5.41) is 0. The molecule has 1 rings (SSSR count). The number of halogens is 3. The first kappa shape index (κ1) is 14.3. The van der Waals surface area contributed by atoms with Gasteiger partial charge in [0.2, 0.25) is 0 Å². The van der Waals surface area contributed by atoms with Gasteiger partial charge < -0.3 is 5.73 Å². The molecule has 1 unspecified atom stereocenters. The van der Waals surface area contributed by atoms with Gasteiger partial charge in [0.15, 0.2) is 0 Å². The van der Waals surface area contributed by atoms with Gasteiger partial charge in [-0.25, -0.2) is 8.78 Å². The van der Waals surface area contributed by atoms with Gasteiger partial charge in [0.25, 0.3) is 0 Å². The minimum atomic E-state index is -0.561. The number of rotatable bonds is 4. The maximum Gasteiger partial charge on any atom is 0.130 e. The Hall–Kier alpha value is -0.670. The smallest absolute Gasteiger partial charge is 0.130 e. The lowest BCUT2D eigenvalue weighted by Crippen LogP contribution is -2.12. The molecule has 0 saturated carbocycles. The van der Waals surface area contributed by atoms with E-state index in [0.717, 1.165) is 25.3 Å². The maximum atomic E-state index is 13.2. The van der Waals surface area contributed by atoms with Crippen LogP contribution in [0, 0.1) is 11.6 Å². The molecule has 0 fully saturated rings. The zero-order valence-corrected chi connectivity index (χ0v) is 9.49. The van der Waals surface area contributed by atoms with E-state index in [1.165, 1.54) is 12.1 Å². The van der Waals surface area contributed by atoms with Crippen LogP contribution in [0.4, 0.5) is 8.78 Å². The lowest BCUT2D eigenvalue weighted by Gasteiger charge is -2.12. The second kappa shape index (κ2) is 6.75. The average molecular weight is 236 g/mol. The number of nitrogens with two attached hydrogens (primary N) is 1.